The van der Waals surface area contributed by atoms with Crippen LogP contribution in [-0.2, 0) is 11.3 Å². The molecular weight excluding hydrogens is 372 g/mol. The van der Waals surface area contributed by atoms with Crippen LogP contribution >= 0.6 is 11.8 Å². The van der Waals surface area contributed by atoms with Gasteiger partial charge in [-0.05, 0) is 50.6 Å². The van der Waals surface area contributed by atoms with Crippen LogP contribution in [0, 0.1) is 6.92 Å². The van der Waals surface area contributed by atoms with Crippen LogP contribution in [0.2, 0.25) is 0 Å². The Balaban J connectivity index is 1.79. The van der Waals surface area contributed by atoms with Crippen molar-refractivity contribution in [3.63, 3.8) is 0 Å². The fourth-order valence-corrected chi connectivity index (χ4v) is 3.78. The zero-order valence-corrected chi connectivity index (χ0v) is 17.3. The summed E-state index contributed by atoms with van der Waals surface area (Å²) >= 11 is 1.39. The molecule has 0 aliphatic rings. The average Bonchev–Trinajstić information content (AvgIpc) is 3.10. The van der Waals surface area contributed by atoms with Crippen LogP contribution in [0.5, 0.6) is 5.75 Å². The van der Waals surface area contributed by atoms with E-state index in [4.69, 9.17) is 4.74 Å². The summed E-state index contributed by atoms with van der Waals surface area (Å²) in [6.07, 6.45) is 0. The Morgan fingerprint density at radius 1 is 1.21 bits per heavy atom. The summed E-state index contributed by atoms with van der Waals surface area (Å²) in [6, 6.07) is 15.5. The van der Waals surface area contributed by atoms with Crippen molar-refractivity contribution < 1.29 is 9.53 Å². The third kappa shape index (κ3) is 4.36. The second-order valence-corrected chi connectivity index (χ2v) is 7.68. The van der Waals surface area contributed by atoms with Crippen LogP contribution in [0.15, 0.2) is 53.7 Å². The van der Waals surface area contributed by atoms with Gasteiger partial charge >= 0.3 is 0 Å². The molecule has 0 radical (unpaired) electrons. The number of para-hydroxylation sites is 1. The second-order valence-electron chi connectivity index (χ2n) is 6.37. The molecule has 0 saturated carbocycles. The SMILES string of the molecule is CCn1c(SC(C)C(=O)Nc2cccc(C)c2)nnc1-c1ccccc1OC. The summed E-state index contributed by atoms with van der Waals surface area (Å²) in [5.74, 6) is 1.40. The third-order valence-electron chi connectivity index (χ3n) is 4.32. The maximum atomic E-state index is 12.6. The average molecular weight is 397 g/mol. The van der Waals surface area contributed by atoms with Crippen LogP contribution in [0.4, 0.5) is 5.69 Å². The molecule has 0 bridgehead atoms. The number of amides is 1. The normalized spacial score (nSPS) is 11.9. The molecule has 0 aliphatic carbocycles. The van der Waals surface area contributed by atoms with Crippen molar-refractivity contribution in [2.75, 3.05) is 12.4 Å². The van der Waals surface area contributed by atoms with Gasteiger partial charge in [0, 0.05) is 12.2 Å². The number of carbonyl (C=O) groups excluding carboxylic acids is 1. The van der Waals surface area contributed by atoms with Crippen molar-refractivity contribution in [3.05, 3.63) is 54.1 Å². The van der Waals surface area contributed by atoms with E-state index < -0.39 is 0 Å². The van der Waals surface area contributed by atoms with Crippen molar-refractivity contribution in [3.8, 4) is 17.1 Å². The molecule has 0 spiro atoms. The summed E-state index contributed by atoms with van der Waals surface area (Å²) in [6.45, 7) is 6.59. The summed E-state index contributed by atoms with van der Waals surface area (Å²) in [5.41, 5.74) is 2.78. The van der Waals surface area contributed by atoms with Gasteiger partial charge in [0.15, 0.2) is 11.0 Å². The number of nitrogens with zero attached hydrogens (tertiary/aromatic N) is 3. The quantitative estimate of drug-likeness (QED) is 0.600. The Morgan fingerprint density at radius 2 is 2.00 bits per heavy atom. The number of hydrogen-bond acceptors (Lipinski definition) is 5. The molecule has 1 N–H and O–H groups in total. The van der Waals surface area contributed by atoms with E-state index >= 15 is 0 Å². The Labute approximate surface area is 169 Å². The molecule has 1 aromatic heterocycles. The van der Waals surface area contributed by atoms with E-state index in [1.165, 1.54) is 11.8 Å². The van der Waals surface area contributed by atoms with Gasteiger partial charge in [0.05, 0.1) is 17.9 Å². The van der Waals surface area contributed by atoms with Crippen molar-refractivity contribution in [2.45, 2.75) is 37.7 Å². The lowest BCUT2D eigenvalue weighted by atomic mass is 10.2. The molecule has 3 rings (SSSR count). The van der Waals surface area contributed by atoms with Crippen molar-refractivity contribution in [2.24, 2.45) is 0 Å². The van der Waals surface area contributed by atoms with Gasteiger partial charge in [-0.3, -0.25) is 4.79 Å². The summed E-state index contributed by atoms with van der Waals surface area (Å²) in [7, 11) is 1.64. The number of carbonyl (C=O) groups is 1. The van der Waals surface area contributed by atoms with Crippen molar-refractivity contribution >= 4 is 23.4 Å². The maximum Gasteiger partial charge on any atom is 0.237 e. The molecule has 1 heterocycles. The minimum atomic E-state index is -0.319. The Bertz CT molecular complexity index is 971. The lowest BCUT2D eigenvalue weighted by Gasteiger charge is -2.13. The third-order valence-corrected chi connectivity index (χ3v) is 5.40. The van der Waals surface area contributed by atoms with E-state index in [1.54, 1.807) is 7.11 Å². The number of benzene rings is 2. The number of methoxy groups -OCH3 is 1. The molecule has 0 saturated heterocycles. The summed E-state index contributed by atoms with van der Waals surface area (Å²) < 4.78 is 7.45. The monoisotopic (exact) mass is 396 g/mol. The molecule has 3 aromatic rings. The Hall–Kier alpha value is -2.80. The summed E-state index contributed by atoms with van der Waals surface area (Å²) in [5, 5.41) is 12.0. The molecule has 0 fully saturated rings. The van der Waals surface area contributed by atoms with E-state index in [-0.39, 0.29) is 11.2 Å². The number of aryl methyl sites for hydroxylation is 1. The zero-order valence-electron chi connectivity index (χ0n) is 16.5. The Morgan fingerprint density at radius 3 is 2.71 bits per heavy atom. The van der Waals surface area contributed by atoms with E-state index in [1.807, 2.05) is 73.9 Å². The minimum absolute atomic E-state index is 0.0694. The van der Waals surface area contributed by atoms with Crippen molar-refractivity contribution in [1.82, 2.24) is 14.8 Å². The van der Waals surface area contributed by atoms with Crippen LogP contribution in [0.3, 0.4) is 0 Å². The largest absolute Gasteiger partial charge is 0.496 e. The highest BCUT2D eigenvalue weighted by Crippen LogP contribution is 2.32. The first kappa shape index (κ1) is 19.9. The van der Waals surface area contributed by atoms with Crippen molar-refractivity contribution in [1.29, 1.82) is 0 Å². The highest BCUT2D eigenvalue weighted by atomic mass is 32.2. The van der Waals surface area contributed by atoms with Gasteiger partial charge in [-0.1, -0.05) is 36.0 Å². The lowest BCUT2D eigenvalue weighted by molar-refractivity contribution is -0.115. The molecule has 1 atom stereocenters. The van der Waals surface area contributed by atoms with Gasteiger partial charge < -0.3 is 14.6 Å². The highest BCUT2D eigenvalue weighted by Gasteiger charge is 2.21. The summed E-state index contributed by atoms with van der Waals surface area (Å²) in [4.78, 5) is 12.6. The first-order valence-corrected chi connectivity index (χ1v) is 10.0. The molecular formula is C21H24N4O2S. The van der Waals surface area contributed by atoms with E-state index in [9.17, 15) is 4.79 Å². The number of hydrogen-bond donors (Lipinski definition) is 1. The zero-order chi connectivity index (χ0) is 20.1. The standard InChI is InChI=1S/C21H24N4O2S/c1-5-25-19(17-11-6-7-12-18(17)27-4)23-24-21(25)28-15(3)20(26)22-16-10-8-9-14(2)13-16/h6-13,15H,5H2,1-4H3,(H,22,26). The number of ether oxygens (including phenoxy) is 1. The maximum absolute atomic E-state index is 12.6. The van der Waals surface area contributed by atoms with Gasteiger partial charge in [-0.2, -0.15) is 0 Å². The van der Waals surface area contributed by atoms with Gasteiger partial charge in [0.1, 0.15) is 5.75 Å². The first-order chi connectivity index (χ1) is 13.5. The van der Waals surface area contributed by atoms with Gasteiger partial charge in [-0.25, -0.2) is 0 Å². The lowest BCUT2D eigenvalue weighted by Crippen LogP contribution is -2.23. The number of thioether (sulfide) groups is 1. The Kier molecular flexibility index (Phi) is 6.36. The molecule has 2 aromatic carbocycles. The van der Waals surface area contributed by atoms with Crippen LogP contribution < -0.4 is 10.1 Å². The number of aromatic nitrogens is 3. The minimum Gasteiger partial charge on any atom is -0.496 e. The molecule has 1 amide bonds. The topological polar surface area (TPSA) is 69.0 Å². The molecule has 7 heteroatoms. The van der Waals surface area contributed by atoms with Crippen LogP contribution in [0.1, 0.15) is 19.4 Å². The van der Waals surface area contributed by atoms with Gasteiger partial charge in [0.2, 0.25) is 5.91 Å². The number of rotatable bonds is 7. The second kappa shape index (κ2) is 8.93. The fourth-order valence-electron chi connectivity index (χ4n) is 2.87. The van der Waals surface area contributed by atoms with Gasteiger partial charge in [0.25, 0.3) is 0 Å². The number of nitrogens with one attached hydrogen (secondary N) is 1. The first-order valence-electron chi connectivity index (χ1n) is 9.14. The molecule has 6 nitrogen and oxygen atoms in total. The van der Waals surface area contributed by atoms with E-state index in [2.05, 4.69) is 15.5 Å². The predicted octanol–water partition coefficient (Wildman–Crippen LogP) is 4.40. The van der Waals surface area contributed by atoms with Gasteiger partial charge in [-0.15, -0.1) is 10.2 Å². The highest BCUT2D eigenvalue weighted by molar-refractivity contribution is 8.00. The smallest absolute Gasteiger partial charge is 0.237 e. The van der Waals surface area contributed by atoms with Crippen LogP contribution in [0.25, 0.3) is 11.4 Å². The molecule has 1 unspecified atom stereocenters. The van der Waals surface area contributed by atoms with E-state index in [0.717, 1.165) is 28.4 Å². The predicted molar refractivity (Wildman–Crippen MR) is 113 cm³/mol. The molecule has 28 heavy (non-hydrogen) atoms. The molecule has 146 valence electrons. The van der Waals surface area contributed by atoms with Crippen LogP contribution in [-0.4, -0.2) is 33.0 Å². The molecule has 0 aliphatic heterocycles. The fraction of sp³-hybridized carbons (Fsp3) is 0.286. The number of anilines is 1. The van der Waals surface area contributed by atoms with E-state index in [0.29, 0.717) is 11.7 Å².